The molecule has 1 heterocycles. The number of H-pyrrole nitrogens is 1. The van der Waals surface area contributed by atoms with Gasteiger partial charge in [-0.15, -0.1) is 5.10 Å². The summed E-state index contributed by atoms with van der Waals surface area (Å²) in [6.07, 6.45) is 0. The molecule has 1 atom stereocenters. The van der Waals surface area contributed by atoms with E-state index < -0.39 is 17.9 Å². The molecule has 0 aliphatic heterocycles. The Morgan fingerprint density at radius 2 is 1.94 bits per heavy atom. The van der Waals surface area contributed by atoms with Crippen molar-refractivity contribution in [2.24, 2.45) is 0 Å². The predicted octanol–water partition coefficient (Wildman–Crippen LogP) is 0.473. The lowest BCUT2D eigenvalue weighted by Crippen LogP contribution is -2.40. The second-order valence-electron chi connectivity index (χ2n) is 4.13. The Morgan fingerprint density at radius 3 is 2.35 bits per heavy atom. The quantitative estimate of drug-likeness (QED) is 0.797. The minimum Gasteiger partial charge on any atom is -0.480 e. The Bertz CT molecular complexity index is 427. The van der Waals surface area contributed by atoms with Crippen LogP contribution in [0.15, 0.2) is 0 Å². The number of hydrogen-bond donors (Lipinski definition) is 2. The standard InChI is InChI=1S/C10H16N4O3/c1-5(2)7-11-8(13-12-7)9(15)14(4)6(3)10(16)17/h5-6H,1-4H3,(H,16,17)(H,11,12,13). The minimum atomic E-state index is -1.07. The molecular formula is C10H16N4O3. The lowest BCUT2D eigenvalue weighted by Gasteiger charge is -2.19. The first-order valence-electron chi connectivity index (χ1n) is 5.26. The monoisotopic (exact) mass is 240 g/mol. The van der Waals surface area contributed by atoms with E-state index in [0.717, 1.165) is 4.90 Å². The van der Waals surface area contributed by atoms with Gasteiger partial charge in [0.2, 0.25) is 5.82 Å². The van der Waals surface area contributed by atoms with Crippen molar-refractivity contribution in [2.45, 2.75) is 32.7 Å². The summed E-state index contributed by atoms with van der Waals surface area (Å²) in [7, 11) is 1.41. The highest BCUT2D eigenvalue weighted by Crippen LogP contribution is 2.09. The molecule has 17 heavy (non-hydrogen) atoms. The number of carboxylic acids is 1. The van der Waals surface area contributed by atoms with E-state index in [4.69, 9.17) is 5.11 Å². The molecular weight excluding hydrogens is 224 g/mol. The average molecular weight is 240 g/mol. The van der Waals surface area contributed by atoms with Crippen molar-refractivity contribution in [1.82, 2.24) is 20.1 Å². The summed E-state index contributed by atoms with van der Waals surface area (Å²) in [6.45, 7) is 5.26. The summed E-state index contributed by atoms with van der Waals surface area (Å²) in [6, 6.07) is -0.913. The first kappa shape index (κ1) is 13.1. The van der Waals surface area contributed by atoms with E-state index in [-0.39, 0.29) is 11.7 Å². The predicted molar refractivity (Wildman–Crippen MR) is 59.7 cm³/mol. The van der Waals surface area contributed by atoms with Crippen molar-refractivity contribution in [2.75, 3.05) is 7.05 Å². The smallest absolute Gasteiger partial charge is 0.326 e. The van der Waals surface area contributed by atoms with Gasteiger partial charge in [-0.05, 0) is 6.92 Å². The van der Waals surface area contributed by atoms with Gasteiger partial charge >= 0.3 is 5.97 Å². The fourth-order valence-electron chi connectivity index (χ4n) is 1.13. The zero-order valence-corrected chi connectivity index (χ0v) is 10.3. The highest BCUT2D eigenvalue weighted by molar-refractivity contribution is 5.93. The third-order valence-electron chi connectivity index (χ3n) is 2.50. The van der Waals surface area contributed by atoms with E-state index in [9.17, 15) is 9.59 Å². The van der Waals surface area contributed by atoms with Crippen LogP contribution in [0.5, 0.6) is 0 Å². The Kier molecular flexibility index (Phi) is 3.82. The molecule has 1 unspecified atom stereocenters. The number of nitrogens with zero attached hydrogens (tertiary/aromatic N) is 3. The second kappa shape index (κ2) is 4.94. The topological polar surface area (TPSA) is 99.2 Å². The largest absolute Gasteiger partial charge is 0.480 e. The molecule has 0 aromatic carbocycles. The van der Waals surface area contributed by atoms with Crippen molar-refractivity contribution in [3.63, 3.8) is 0 Å². The molecule has 7 nitrogen and oxygen atoms in total. The second-order valence-corrected chi connectivity index (χ2v) is 4.13. The van der Waals surface area contributed by atoms with Crippen LogP contribution in [0.2, 0.25) is 0 Å². The number of rotatable bonds is 4. The molecule has 0 spiro atoms. The third-order valence-corrected chi connectivity index (χ3v) is 2.50. The summed E-state index contributed by atoms with van der Waals surface area (Å²) in [4.78, 5) is 27.7. The maximum Gasteiger partial charge on any atom is 0.326 e. The van der Waals surface area contributed by atoms with Gasteiger partial charge in [0, 0.05) is 13.0 Å². The lowest BCUT2D eigenvalue weighted by atomic mass is 10.2. The van der Waals surface area contributed by atoms with Crippen LogP contribution in [0, 0.1) is 0 Å². The number of carboxylic acid groups (broad SMARTS) is 1. The highest BCUT2D eigenvalue weighted by Gasteiger charge is 2.25. The van der Waals surface area contributed by atoms with Crippen molar-refractivity contribution >= 4 is 11.9 Å². The van der Waals surface area contributed by atoms with E-state index in [1.807, 2.05) is 13.8 Å². The van der Waals surface area contributed by atoms with Crippen LogP contribution >= 0.6 is 0 Å². The number of likely N-dealkylation sites (N-methyl/N-ethyl adjacent to an activating group) is 1. The first-order valence-corrected chi connectivity index (χ1v) is 5.26. The molecule has 0 bridgehead atoms. The molecule has 0 saturated carbocycles. The highest BCUT2D eigenvalue weighted by atomic mass is 16.4. The van der Waals surface area contributed by atoms with Crippen LogP contribution in [0.3, 0.4) is 0 Å². The van der Waals surface area contributed by atoms with Crippen molar-refractivity contribution < 1.29 is 14.7 Å². The summed E-state index contributed by atoms with van der Waals surface area (Å²) in [5, 5.41) is 15.2. The van der Waals surface area contributed by atoms with Gasteiger partial charge in [0.15, 0.2) is 0 Å². The Labute approximate surface area is 98.8 Å². The summed E-state index contributed by atoms with van der Waals surface area (Å²) in [5.41, 5.74) is 0. The van der Waals surface area contributed by atoms with Crippen LogP contribution < -0.4 is 0 Å². The van der Waals surface area contributed by atoms with Gasteiger partial charge < -0.3 is 10.0 Å². The molecule has 0 aliphatic carbocycles. The fraction of sp³-hybridized carbons (Fsp3) is 0.600. The number of amides is 1. The van der Waals surface area contributed by atoms with Crippen molar-refractivity contribution in [3.05, 3.63) is 11.6 Å². The maximum atomic E-state index is 11.8. The molecule has 7 heteroatoms. The van der Waals surface area contributed by atoms with E-state index >= 15 is 0 Å². The molecule has 1 rings (SSSR count). The van der Waals surface area contributed by atoms with Crippen LogP contribution in [0.4, 0.5) is 0 Å². The average Bonchev–Trinajstić information content (AvgIpc) is 2.75. The molecule has 94 valence electrons. The summed E-state index contributed by atoms with van der Waals surface area (Å²) in [5.74, 6) is -0.858. The minimum absolute atomic E-state index is 0.00991. The molecule has 1 aromatic heterocycles. The number of nitrogens with one attached hydrogen (secondary N) is 1. The molecule has 0 saturated heterocycles. The van der Waals surface area contributed by atoms with Gasteiger partial charge in [0.1, 0.15) is 11.9 Å². The van der Waals surface area contributed by atoms with Crippen LogP contribution in [0.1, 0.15) is 43.1 Å². The molecule has 0 fully saturated rings. The molecule has 1 aromatic rings. The van der Waals surface area contributed by atoms with E-state index in [0.29, 0.717) is 5.82 Å². The van der Waals surface area contributed by atoms with Crippen LogP contribution in [-0.4, -0.2) is 50.2 Å². The van der Waals surface area contributed by atoms with Gasteiger partial charge in [0.25, 0.3) is 5.91 Å². The normalized spacial score (nSPS) is 12.5. The number of aromatic amines is 1. The van der Waals surface area contributed by atoms with Gasteiger partial charge in [-0.3, -0.25) is 9.89 Å². The van der Waals surface area contributed by atoms with E-state index in [1.54, 1.807) is 0 Å². The number of aromatic nitrogens is 3. The van der Waals surface area contributed by atoms with Gasteiger partial charge in [-0.25, -0.2) is 9.78 Å². The number of aliphatic carboxylic acids is 1. The Balaban J connectivity index is 2.85. The first-order chi connectivity index (χ1) is 7.84. The van der Waals surface area contributed by atoms with Crippen LogP contribution in [-0.2, 0) is 4.79 Å². The summed E-state index contributed by atoms with van der Waals surface area (Å²) >= 11 is 0. The molecule has 1 amide bonds. The third kappa shape index (κ3) is 2.80. The molecule has 2 N–H and O–H groups in total. The van der Waals surface area contributed by atoms with Crippen LogP contribution in [0.25, 0.3) is 0 Å². The SMILES string of the molecule is CC(C)c1nc(C(=O)N(C)C(C)C(=O)O)n[nH]1. The number of carbonyl (C=O) groups excluding carboxylic acids is 1. The van der Waals surface area contributed by atoms with Gasteiger partial charge in [0.05, 0.1) is 0 Å². The Hall–Kier alpha value is -1.92. The fourth-order valence-corrected chi connectivity index (χ4v) is 1.13. The van der Waals surface area contributed by atoms with Gasteiger partial charge in [-0.2, -0.15) is 0 Å². The number of carbonyl (C=O) groups is 2. The van der Waals surface area contributed by atoms with E-state index in [2.05, 4.69) is 15.2 Å². The number of hydrogen-bond acceptors (Lipinski definition) is 4. The zero-order valence-electron chi connectivity index (χ0n) is 10.3. The zero-order chi connectivity index (χ0) is 13.2. The van der Waals surface area contributed by atoms with Crippen molar-refractivity contribution in [1.29, 1.82) is 0 Å². The lowest BCUT2D eigenvalue weighted by molar-refractivity contribution is -0.141. The van der Waals surface area contributed by atoms with Crippen molar-refractivity contribution in [3.8, 4) is 0 Å². The molecule has 0 radical (unpaired) electrons. The van der Waals surface area contributed by atoms with Gasteiger partial charge in [-0.1, -0.05) is 13.8 Å². The molecule has 0 aliphatic rings. The summed E-state index contributed by atoms with van der Waals surface area (Å²) < 4.78 is 0. The Morgan fingerprint density at radius 1 is 1.35 bits per heavy atom. The van der Waals surface area contributed by atoms with E-state index in [1.165, 1.54) is 14.0 Å². The maximum absolute atomic E-state index is 11.8.